The van der Waals surface area contributed by atoms with Gasteiger partial charge in [0.1, 0.15) is 0 Å². The molecule has 0 radical (unpaired) electrons. The molecule has 1 atom stereocenters. The van der Waals surface area contributed by atoms with E-state index in [2.05, 4.69) is 4.99 Å². The summed E-state index contributed by atoms with van der Waals surface area (Å²) in [7, 11) is 0. The number of esters is 1. The highest BCUT2D eigenvalue weighted by Gasteiger charge is 2.34. The second-order valence-corrected chi connectivity index (χ2v) is 9.58. The van der Waals surface area contributed by atoms with Gasteiger partial charge in [0.25, 0.3) is 5.56 Å². The summed E-state index contributed by atoms with van der Waals surface area (Å²) < 4.78 is 18.4. The highest BCUT2D eigenvalue weighted by Crippen LogP contribution is 2.38. The standard InChI is InChI=1S/C25H22N2O5S2/c1-4-30-24(29)21-14(2)26-25-27(22(21)16-7-10-18-19(12-16)32-13-31-18)23(28)20(34-25)11-15-5-8-17(33-3)9-6-15/h5-12,22H,4,13H2,1-3H3/b20-11-. The molecular formula is C25H22N2O5S2. The normalized spacial score (nSPS) is 16.9. The van der Waals surface area contributed by atoms with Crippen LogP contribution in [0.4, 0.5) is 0 Å². The predicted octanol–water partition coefficient (Wildman–Crippen LogP) is 3.25. The van der Waals surface area contributed by atoms with E-state index in [0.717, 1.165) is 16.0 Å². The maximum Gasteiger partial charge on any atom is 0.338 e. The van der Waals surface area contributed by atoms with E-state index >= 15 is 0 Å². The Balaban J connectivity index is 1.69. The first-order chi connectivity index (χ1) is 16.5. The van der Waals surface area contributed by atoms with Gasteiger partial charge in [-0.05, 0) is 61.6 Å². The summed E-state index contributed by atoms with van der Waals surface area (Å²) in [6.07, 6.45) is 3.88. The molecule has 1 aromatic heterocycles. The van der Waals surface area contributed by atoms with E-state index in [9.17, 15) is 9.59 Å². The lowest BCUT2D eigenvalue weighted by Crippen LogP contribution is -2.39. The molecule has 3 heterocycles. The van der Waals surface area contributed by atoms with Gasteiger partial charge in [-0.2, -0.15) is 0 Å². The Morgan fingerprint density at radius 3 is 2.74 bits per heavy atom. The van der Waals surface area contributed by atoms with E-state index in [1.807, 2.05) is 48.7 Å². The molecule has 0 fully saturated rings. The van der Waals surface area contributed by atoms with Gasteiger partial charge in [-0.1, -0.05) is 29.5 Å². The minimum absolute atomic E-state index is 0.135. The van der Waals surface area contributed by atoms with Crippen LogP contribution in [0.3, 0.4) is 0 Å². The molecule has 9 heteroatoms. The summed E-state index contributed by atoms with van der Waals surface area (Å²) in [5.41, 5.74) is 2.29. The van der Waals surface area contributed by atoms with Crippen molar-refractivity contribution in [2.24, 2.45) is 4.99 Å². The summed E-state index contributed by atoms with van der Waals surface area (Å²) in [6, 6.07) is 12.8. The molecule has 34 heavy (non-hydrogen) atoms. The van der Waals surface area contributed by atoms with Gasteiger partial charge in [-0.25, -0.2) is 9.79 Å². The average Bonchev–Trinajstić information content (AvgIpc) is 3.42. The van der Waals surface area contributed by atoms with Gasteiger partial charge in [0.15, 0.2) is 16.3 Å². The number of allylic oxidation sites excluding steroid dienone is 1. The van der Waals surface area contributed by atoms with Crippen LogP contribution in [-0.2, 0) is 9.53 Å². The van der Waals surface area contributed by atoms with Crippen molar-refractivity contribution in [1.82, 2.24) is 4.57 Å². The molecule has 2 aliphatic heterocycles. The van der Waals surface area contributed by atoms with Crippen molar-refractivity contribution < 1.29 is 19.0 Å². The Morgan fingerprint density at radius 1 is 1.24 bits per heavy atom. The Bertz CT molecular complexity index is 1480. The zero-order valence-corrected chi connectivity index (χ0v) is 20.5. The first-order valence-corrected chi connectivity index (χ1v) is 12.8. The number of thioether (sulfide) groups is 1. The van der Waals surface area contributed by atoms with Crippen LogP contribution in [-0.4, -0.2) is 30.2 Å². The van der Waals surface area contributed by atoms with Crippen molar-refractivity contribution in [1.29, 1.82) is 0 Å². The second kappa shape index (κ2) is 9.15. The fourth-order valence-electron chi connectivity index (χ4n) is 4.04. The Hall–Kier alpha value is -3.30. The molecule has 2 aliphatic rings. The maximum absolute atomic E-state index is 13.6. The zero-order valence-electron chi connectivity index (χ0n) is 18.9. The number of hydrogen-bond donors (Lipinski definition) is 0. The van der Waals surface area contributed by atoms with Gasteiger partial charge in [0, 0.05) is 4.90 Å². The topological polar surface area (TPSA) is 79.1 Å². The van der Waals surface area contributed by atoms with Gasteiger partial charge in [-0.15, -0.1) is 11.8 Å². The molecule has 0 aliphatic carbocycles. The van der Waals surface area contributed by atoms with Crippen molar-refractivity contribution in [3.05, 3.63) is 84.5 Å². The molecular weight excluding hydrogens is 472 g/mol. The maximum atomic E-state index is 13.6. The molecule has 0 saturated heterocycles. The number of nitrogens with zero attached hydrogens (tertiary/aromatic N) is 2. The summed E-state index contributed by atoms with van der Waals surface area (Å²) >= 11 is 2.96. The van der Waals surface area contributed by atoms with Crippen LogP contribution in [0, 0.1) is 0 Å². The molecule has 7 nitrogen and oxygen atoms in total. The average molecular weight is 495 g/mol. The monoisotopic (exact) mass is 494 g/mol. The van der Waals surface area contributed by atoms with Crippen molar-refractivity contribution in [2.45, 2.75) is 24.8 Å². The minimum Gasteiger partial charge on any atom is -0.463 e. The van der Waals surface area contributed by atoms with Crippen molar-refractivity contribution >= 4 is 35.1 Å². The predicted molar refractivity (Wildman–Crippen MR) is 131 cm³/mol. The van der Waals surface area contributed by atoms with Crippen LogP contribution in [0.15, 0.2) is 68.4 Å². The van der Waals surface area contributed by atoms with Crippen LogP contribution in [0.2, 0.25) is 0 Å². The molecule has 3 aromatic rings. The summed E-state index contributed by atoms with van der Waals surface area (Å²) in [4.78, 5) is 32.9. The number of thiazole rings is 1. The SMILES string of the molecule is CCOC(=O)C1=C(C)N=c2s/c(=C\c3ccc(SC)cc3)c(=O)n2C1c1ccc2c(c1)OCO2. The lowest BCUT2D eigenvalue weighted by atomic mass is 9.95. The van der Waals surface area contributed by atoms with Crippen molar-refractivity contribution in [3.8, 4) is 11.5 Å². The van der Waals surface area contributed by atoms with Gasteiger partial charge >= 0.3 is 5.97 Å². The largest absolute Gasteiger partial charge is 0.463 e. The van der Waals surface area contributed by atoms with Crippen LogP contribution < -0.4 is 24.4 Å². The van der Waals surface area contributed by atoms with E-state index in [-0.39, 0.29) is 19.0 Å². The molecule has 5 rings (SSSR count). The Labute approximate surface area is 204 Å². The van der Waals surface area contributed by atoms with Crippen LogP contribution in [0.25, 0.3) is 6.08 Å². The van der Waals surface area contributed by atoms with Crippen LogP contribution in [0.1, 0.15) is 31.0 Å². The highest BCUT2D eigenvalue weighted by molar-refractivity contribution is 7.98. The van der Waals surface area contributed by atoms with Crippen LogP contribution >= 0.6 is 23.1 Å². The molecule has 0 amide bonds. The van der Waals surface area contributed by atoms with E-state index in [1.165, 1.54) is 11.3 Å². The number of fused-ring (bicyclic) bond motifs is 2. The summed E-state index contributed by atoms with van der Waals surface area (Å²) in [6.45, 7) is 3.88. The number of carbonyl (C=O) groups is 1. The number of rotatable bonds is 5. The molecule has 1 unspecified atom stereocenters. The lowest BCUT2D eigenvalue weighted by Gasteiger charge is -2.24. The Morgan fingerprint density at radius 2 is 2.00 bits per heavy atom. The molecule has 174 valence electrons. The van der Waals surface area contributed by atoms with Gasteiger partial charge < -0.3 is 14.2 Å². The van der Waals surface area contributed by atoms with Gasteiger partial charge in [-0.3, -0.25) is 9.36 Å². The number of carbonyl (C=O) groups excluding carboxylic acids is 1. The molecule has 0 spiro atoms. The third-order valence-electron chi connectivity index (χ3n) is 5.64. The number of hydrogen-bond acceptors (Lipinski definition) is 8. The molecule has 0 bridgehead atoms. The number of benzene rings is 2. The van der Waals surface area contributed by atoms with Gasteiger partial charge in [0.05, 0.1) is 28.5 Å². The third kappa shape index (κ3) is 3.95. The highest BCUT2D eigenvalue weighted by atomic mass is 32.2. The molecule has 0 saturated carbocycles. The molecule has 0 N–H and O–H groups in total. The van der Waals surface area contributed by atoms with Crippen molar-refractivity contribution in [2.75, 3.05) is 19.7 Å². The zero-order chi connectivity index (χ0) is 23.8. The number of ether oxygens (including phenoxy) is 3. The first-order valence-electron chi connectivity index (χ1n) is 10.7. The fraction of sp³-hybridized carbons (Fsp3) is 0.240. The summed E-state index contributed by atoms with van der Waals surface area (Å²) in [5, 5.41) is 0. The smallest absolute Gasteiger partial charge is 0.338 e. The minimum atomic E-state index is -0.689. The quantitative estimate of drug-likeness (QED) is 0.400. The second-order valence-electron chi connectivity index (χ2n) is 7.69. The lowest BCUT2D eigenvalue weighted by molar-refractivity contribution is -0.139. The van der Waals surface area contributed by atoms with Crippen molar-refractivity contribution in [3.63, 3.8) is 0 Å². The first kappa shape index (κ1) is 22.5. The third-order valence-corrected chi connectivity index (χ3v) is 7.37. The van der Waals surface area contributed by atoms with Gasteiger partial charge in [0.2, 0.25) is 6.79 Å². The van der Waals surface area contributed by atoms with Crippen LogP contribution in [0.5, 0.6) is 11.5 Å². The summed E-state index contributed by atoms with van der Waals surface area (Å²) in [5.74, 6) is 0.711. The Kier molecular flexibility index (Phi) is 6.05. The van der Waals surface area contributed by atoms with E-state index in [4.69, 9.17) is 14.2 Å². The number of aromatic nitrogens is 1. The van der Waals surface area contributed by atoms with E-state index in [0.29, 0.717) is 32.1 Å². The molecule has 2 aromatic carbocycles. The van der Waals surface area contributed by atoms with E-state index in [1.54, 1.807) is 36.2 Å². The van der Waals surface area contributed by atoms with E-state index < -0.39 is 12.0 Å². The fourth-order valence-corrected chi connectivity index (χ4v) is 5.50.